The number of nitrogens with one attached hydrogen (secondary N) is 1. The zero-order chi connectivity index (χ0) is 21.6. The quantitative estimate of drug-likeness (QED) is 0.502. The van der Waals surface area contributed by atoms with E-state index in [1.807, 2.05) is 10.6 Å². The molecule has 1 aliphatic heterocycles. The number of pyridine rings is 1. The topological polar surface area (TPSA) is 64.9 Å². The van der Waals surface area contributed by atoms with Crippen LogP contribution in [0.5, 0.6) is 0 Å². The number of halogens is 3. The highest BCUT2D eigenvalue weighted by Crippen LogP contribution is 2.39. The van der Waals surface area contributed by atoms with Gasteiger partial charge in [-0.3, -0.25) is 0 Å². The van der Waals surface area contributed by atoms with Gasteiger partial charge in [0.05, 0.1) is 23.7 Å². The van der Waals surface area contributed by atoms with Crippen molar-refractivity contribution in [3.8, 4) is 10.8 Å². The average Bonchev–Trinajstić information content (AvgIpc) is 3.40. The van der Waals surface area contributed by atoms with E-state index < -0.39 is 11.9 Å². The van der Waals surface area contributed by atoms with Gasteiger partial charge in [-0.1, -0.05) is 18.2 Å². The first-order valence-corrected chi connectivity index (χ1v) is 10.9. The van der Waals surface area contributed by atoms with Crippen molar-refractivity contribution < 1.29 is 17.9 Å². The number of aromatic nitrogens is 4. The Morgan fingerprint density at radius 3 is 2.84 bits per heavy atom. The first kappa shape index (κ1) is 20.3. The van der Waals surface area contributed by atoms with Crippen molar-refractivity contribution in [1.29, 1.82) is 0 Å². The number of hydrogen-bond acceptors (Lipinski definition) is 6. The first-order valence-electron chi connectivity index (χ1n) is 10.0. The Hall–Kier alpha value is -2.56. The lowest BCUT2D eigenvalue weighted by Crippen LogP contribution is -2.38. The summed E-state index contributed by atoms with van der Waals surface area (Å²) in [6, 6.07) is 5.41. The van der Waals surface area contributed by atoms with Crippen molar-refractivity contribution in [2.45, 2.75) is 32.2 Å². The van der Waals surface area contributed by atoms with E-state index in [-0.39, 0.29) is 11.6 Å². The van der Waals surface area contributed by atoms with Crippen LogP contribution in [0.2, 0.25) is 0 Å². The van der Waals surface area contributed by atoms with Crippen LogP contribution < -0.4 is 5.32 Å². The number of thiazole rings is 1. The molecule has 1 saturated heterocycles. The molecule has 1 N–H and O–H groups in total. The predicted octanol–water partition coefficient (Wildman–Crippen LogP) is 4.41. The molecule has 0 saturated carbocycles. The largest absolute Gasteiger partial charge is 0.435 e. The SMILES string of the molecule is Cc1cccc2c1nc(C(F)(F)F)c1nc(-c3nccs3)n(CCC3CNCCO3)c12. The standard InChI is InChI=1S/C21H20F3N5OS/c1-12-3-2-4-14-15(12)27-18(21(22,23)24)16-17(14)29(8-5-13-11-25-6-9-30-13)19(28-16)20-26-7-10-31-20/h2-4,7,10,13,25H,5-6,8-9,11H2,1H3. The molecular weight excluding hydrogens is 427 g/mol. The Morgan fingerprint density at radius 2 is 2.13 bits per heavy atom. The number of alkyl halides is 3. The molecule has 0 radical (unpaired) electrons. The Labute approximate surface area is 180 Å². The van der Waals surface area contributed by atoms with Crippen LogP contribution in [-0.2, 0) is 17.5 Å². The highest BCUT2D eigenvalue weighted by atomic mass is 32.1. The van der Waals surface area contributed by atoms with Gasteiger partial charge in [-0.05, 0) is 18.9 Å². The van der Waals surface area contributed by atoms with Crippen molar-refractivity contribution in [2.75, 3.05) is 19.7 Å². The number of rotatable bonds is 4. The fourth-order valence-corrected chi connectivity index (χ4v) is 4.68. The van der Waals surface area contributed by atoms with Gasteiger partial charge < -0.3 is 14.6 Å². The molecule has 0 spiro atoms. The number of fused-ring (bicyclic) bond motifs is 3. The van der Waals surface area contributed by atoms with Gasteiger partial charge in [0.15, 0.2) is 16.5 Å². The average molecular weight is 447 g/mol. The molecule has 10 heteroatoms. The van der Waals surface area contributed by atoms with Gasteiger partial charge in [0, 0.05) is 36.6 Å². The summed E-state index contributed by atoms with van der Waals surface area (Å²) in [6.45, 7) is 4.38. The number of aryl methyl sites for hydroxylation is 2. The molecule has 0 bridgehead atoms. The summed E-state index contributed by atoms with van der Waals surface area (Å²) in [5, 5.41) is 6.31. The zero-order valence-electron chi connectivity index (χ0n) is 16.7. The summed E-state index contributed by atoms with van der Waals surface area (Å²) in [6.07, 6.45) is -2.35. The molecule has 1 fully saturated rings. The van der Waals surface area contributed by atoms with Crippen molar-refractivity contribution in [3.05, 3.63) is 41.0 Å². The molecule has 3 aromatic heterocycles. The molecule has 4 aromatic rings. The third-order valence-electron chi connectivity index (χ3n) is 5.48. The van der Waals surface area contributed by atoms with Crippen LogP contribution in [0.3, 0.4) is 0 Å². The van der Waals surface area contributed by atoms with Crippen LogP contribution >= 0.6 is 11.3 Å². The highest BCUT2D eigenvalue weighted by Gasteiger charge is 2.38. The Bertz CT molecular complexity index is 1230. The Balaban J connectivity index is 1.77. The van der Waals surface area contributed by atoms with Crippen LogP contribution in [0.1, 0.15) is 17.7 Å². The molecule has 31 heavy (non-hydrogen) atoms. The molecule has 0 aliphatic carbocycles. The van der Waals surface area contributed by atoms with Crippen LogP contribution in [0.15, 0.2) is 29.8 Å². The third kappa shape index (κ3) is 3.68. The van der Waals surface area contributed by atoms with Crippen LogP contribution in [0, 0.1) is 6.92 Å². The number of nitrogens with zero attached hydrogens (tertiary/aromatic N) is 4. The van der Waals surface area contributed by atoms with Gasteiger partial charge in [-0.15, -0.1) is 11.3 Å². The van der Waals surface area contributed by atoms with Gasteiger partial charge in [0.2, 0.25) is 0 Å². The van der Waals surface area contributed by atoms with Gasteiger partial charge in [0.1, 0.15) is 5.52 Å². The molecule has 162 valence electrons. The van der Waals surface area contributed by atoms with E-state index in [9.17, 15) is 13.2 Å². The fourth-order valence-electron chi connectivity index (χ4n) is 4.04. The molecule has 1 atom stereocenters. The van der Waals surface area contributed by atoms with E-state index in [0.717, 1.165) is 6.54 Å². The predicted molar refractivity (Wildman–Crippen MR) is 113 cm³/mol. The van der Waals surface area contributed by atoms with Gasteiger partial charge >= 0.3 is 6.18 Å². The second-order valence-corrected chi connectivity index (χ2v) is 8.43. The van der Waals surface area contributed by atoms with Gasteiger partial charge in [0.25, 0.3) is 0 Å². The molecule has 0 amide bonds. The minimum atomic E-state index is -4.62. The number of morpholine rings is 1. The number of para-hydroxylation sites is 1. The summed E-state index contributed by atoms with van der Waals surface area (Å²) in [4.78, 5) is 12.8. The lowest BCUT2D eigenvalue weighted by atomic mass is 10.1. The monoisotopic (exact) mass is 447 g/mol. The van der Waals surface area contributed by atoms with E-state index in [4.69, 9.17) is 4.74 Å². The molecule has 1 unspecified atom stereocenters. The summed E-state index contributed by atoms with van der Waals surface area (Å²) in [5.74, 6) is 0.426. The summed E-state index contributed by atoms with van der Waals surface area (Å²) in [5.41, 5.74) is 0.364. The fraction of sp³-hybridized carbons (Fsp3) is 0.381. The second-order valence-electron chi connectivity index (χ2n) is 7.54. The van der Waals surface area contributed by atoms with Crippen molar-refractivity contribution >= 4 is 33.3 Å². The lowest BCUT2D eigenvalue weighted by Gasteiger charge is -2.24. The first-order chi connectivity index (χ1) is 14.9. The zero-order valence-corrected chi connectivity index (χ0v) is 17.6. The Kier molecular flexibility index (Phi) is 5.15. The molecule has 1 aromatic carbocycles. The molecule has 4 heterocycles. The molecule has 5 rings (SSSR count). The second kappa shape index (κ2) is 7.85. The molecular formula is C21H20F3N5OS. The number of ether oxygens (including phenoxy) is 1. The highest BCUT2D eigenvalue weighted by molar-refractivity contribution is 7.13. The van der Waals surface area contributed by atoms with E-state index >= 15 is 0 Å². The smallest absolute Gasteiger partial charge is 0.376 e. The van der Waals surface area contributed by atoms with Gasteiger partial charge in [-0.2, -0.15) is 13.2 Å². The van der Waals surface area contributed by atoms with Crippen LogP contribution in [0.4, 0.5) is 13.2 Å². The van der Waals surface area contributed by atoms with E-state index in [1.54, 1.807) is 30.6 Å². The summed E-state index contributed by atoms with van der Waals surface area (Å²) in [7, 11) is 0. The summed E-state index contributed by atoms with van der Waals surface area (Å²) >= 11 is 1.35. The number of imidazole rings is 1. The van der Waals surface area contributed by atoms with Crippen molar-refractivity contribution in [2.24, 2.45) is 0 Å². The van der Waals surface area contributed by atoms with Crippen molar-refractivity contribution in [1.82, 2.24) is 24.8 Å². The maximum Gasteiger partial charge on any atom is 0.435 e. The van der Waals surface area contributed by atoms with E-state index in [0.29, 0.717) is 58.9 Å². The van der Waals surface area contributed by atoms with Crippen molar-refractivity contribution in [3.63, 3.8) is 0 Å². The minimum absolute atomic E-state index is 0.00716. The Morgan fingerprint density at radius 1 is 1.26 bits per heavy atom. The molecule has 6 nitrogen and oxygen atoms in total. The molecule has 1 aliphatic rings. The van der Waals surface area contributed by atoms with Gasteiger partial charge in [-0.25, -0.2) is 15.0 Å². The lowest BCUT2D eigenvalue weighted by molar-refractivity contribution is -0.139. The summed E-state index contributed by atoms with van der Waals surface area (Å²) < 4.78 is 49.6. The van der Waals surface area contributed by atoms with E-state index in [1.165, 1.54) is 11.3 Å². The third-order valence-corrected chi connectivity index (χ3v) is 6.25. The van der Waals surface area contributed by atoms with Crippen LogP contribution in [0.25, 0.3) is 32.8 Å². The number of hydrogen-bond donors (Lipinski definition) is 1. The maximum atomic E-state index is 14.0. The van der Waals surface area contributed by atoms with Crippen LogP contribution in [-0.4, -0.2) is 45.3 Å². The normalized spacial score (nSPS) is 17.6. The van der Waals surface area contributed by atoms with E-state index in [2.05, 4.69) is 20.3 Å². The maximum absolute atomic E-state index is 14.0. The minimum Gasteiger partial charge on any atom is -0.376 e. The number of benzene rings is 1.